The fourth-order valence-electron chi connectivity index (χ4n) is 4.18. The molecule has 11 nitrogen and oxygen atoms in total. The molecular weight excluding hydrogens is 421 g/mol. The Balaban J connectivity index is 1.75. The van der Waals surface area contributed by atoms with E-state index in [9.17, 15) is 9.90 Å². The summed E-state index contributed by atoms with van der Waals surface area (Å²) < 4.78 is 1.57. The van der Waals surface area contributed by atoms with Crippen LogP contribution in [-0.2, 0) is 0 Å². The van der Waals surface area contributed by atoms with Crippen LogP contribution in [0.1, 0.15) is 47.6 Å². The second kappa shape index (κ2) is 9.16. The molecule has 0 saturated heterocycles. The number of amides is 1. The zero-order valence-electron chi connectivity index (χ0n) is 18.7. The summed E-state index contributed by atoms with van der Waals surface area (Å²) >= 11 is 0. The van der Waals surface area contributed by atoms with Gasteiger partial charge in [-0.15, -0.1) is 0 Å². The Labute approximate surface area is 192 Å². The molecule has 2 heterocycles. The van der Waals surface area contributed by atoms with E-state index in [0.29, 0.717) is 45.5 Å². The van der Waals surface area contributed by atoms with Crippen LogP contribution in [0.3, 0.4) is 0 Å². The van der Waals surface area contributed by atoms with Crippen molar-refractivity contribution in [3.05, 3.63) is 35.5 Å². The second-order valence-corrected chi connectivity index (χ2v) is 8.21. The lowest BCUT2D eigenvalue weighted by molar-refractivity contribution is 0.0939. The standard InChI is InChI=1S/C21H28BN9O2/c1-25-17-9-16(28-15-8-11(19(22)32)7-14(23)18(15)30(2)24)29-20-13(10-26-31(17)20)21(33)27-12-5-3-4-6-12/h7-10,12,19,25,32H,3-6,23-24H2,1-2H3,(H,27,33)(H,28,29). The van der Waals surface area contributed by atoms with Crippen molar-refractivity contribution < 1.29 is 9.90 Å². The molecule has 1 atom stereocenters. The highest BCUT2D eigenvalue weighted by Crippen LogP contribution is 2.35. The number of benzene rings is 1. The summed E-state index contributed by atoms with van der Waals surface area (Å²) in [5.74, 6) is 6.82. The van der Waals surface area contributed by atoms with Crippen LogP contribution >= 0.6 is 0 Å². The molecule has 8 N–H and O–H groups in total. The first kappa shape index (κ1) is 22.7. The van der Waals surface area contributed by atoms with E-state index >= 15 is 0 Å². The lowest BCUT2D eigenvalue weighted by Crippen LogP contribution is -2.32. The Bertz CT molecular complexity index is 1170. The van der Waals surface area contributed by atoms with Crippen LogP contribution in [0.25, 0.3) is 5.65 Å². The Hall–Kier alpha value is -3.51. The van der Waals surface area contributed by atoms with Gasteiger partial charge in [0.15, 0.2) is 5.65 Å². The SMILES string of the molecule is [B]C(O)c1cc(N)c(N(C)N)c(Nc2cc(NC)n3ncc(C(=O)NC4CCCC4)c3n2)c1. The van der Waals surface area contributed by atoms with Gasteiger partial charge in [0.1, 0.15) is 25.0 Å². The Morgan fingerprint density at radius 2 is 2.06 bits per heavy atom. The fraction of sp³-hybridized carbons (Fsp3) is 0.381. The Morgan fingerprint density at radius 3 is 2.70 bits per heavy atom. The van der Waals surface area contributed by atoms with Crippen LogP contribution in [0.2, 0.25) is 0 Å². The van der Waals surface area contributed by atoms with Crippen molar-refractivity contribution in [1.82, 2.24) is 19.9 Å². The van der Waals surface area contributed by atoms with Crippen LogP contribution in [-0.4, -0.2) is 53.6 Å². The number of anilines is 5. The topological polar surface area (TPSA) is 159 Å². The number of nitrogen functional groups attached to an aromatic ring is 1. The van der Waals surface area contributed by atoms with Gasteiger partial charge in [0.25, 0.3) is 5.91 Å². The predicted molar refractivity (Wildman–Crippen MR) is 130 cm³/mol. The summed E-state index contributed by atoms with van der Waals surface area (Å²) in [5, 5.41) is 24.9. The summed E-state index contributed by atoms with van der Waals surface area (Å²) in [7, 11) is 9.04. The van der Waals surface area contributed by atoms with Crippen molar-refractivity contribution in [3.63, 3.8) is 0 Å². The lowest BCUT2D eigenvalue weighted by atomic mass is 9.91. The summed E-state index contributed by atoms with van der Waals surface area (Å²) in [6, 6.07) is 3.91. The number of aliphatic hydroxyl groups is 1. The summed E-state index contributed by atoms with van der Waals surface area (Å²) in [4.78, 5) is 17.6. The largest absolute Gasteiger partial charge is 0.398 e. The minimum absolute atomic E-state index is 0.175. The molecule has 3 aromatic rings. The van der Waals surface area contributed by atoms with Gasteiger partial charge in [0.05, 0.1) is 23.3 Å². The number of aromatic nitrogens is 3. The first-order chi connectivity index (χ1) is 15.8. The number of carbonyl (C=O) groups excluding carboxylic acids is 1. The molecule has 1 amide bonds. The number of hydrazine groups is 1. The molecule has 1 fully saturated rings. The quantitative estimate of drug-likeness (QED) is 0.135. The zero-order valence-corrected chi connectivity index (χ0v) is 18.7. The second-order valence-electron chi connectivity index (χ2n) is 8.21. The summed E-state index contributed by atoms with van der Waals surface area (Å²) in [6.45, 7) is 0. The monoisotopic (exact) mass is 449 g/mol. The molecule has 2 radical (unpaired) electrons. The number of carbonyl (C=O) groups is 1. The number of hydrogen-bond acceptors (Lipinski definition) is 9. The van der Waals surface area contributed by atoms with E-state index in [-0.39, 0.29) is 11.9 Å². The third-order valence-corrected chi connectivity index (χ3v) is 5.78. The van der Waals surface area contributed by atoms with E-state index in [0.717, 1.165) is 25.7 Å². The zero-order chi connectivity index (χ0) is 23.7. The average Bonchev–Trinajstić information content (AvgIpc) is 3.42. The highest BCUT2D eigenvalue weighted by molar-refractivity contribution is 6.11. The maximum Gasteiger partial charge on any atom is 0.256 e. The highest BCUT2D eigenvalue weighted by Gasteiger charge is 2.22. The van der Waals surface area contributed by atoms with Crippen LogP contribution in [0.15, 0.2) is 24.4 Å². The molecule has 2 aromatic heterocycles. The highest BCUT2D eigenvalue weighted by atomic mass is 16.3. The summed E-state index contributed by atoms with van der Waals surface area (Å²) in [5.41, 5.74) is 8.67. The predicted octanol–water partition coefficient (Wildman–Crippen LogP) is 1.24. The third-order valence-electron chi connectivity index (χ3n) is 5.78. The van der Waals surface area contributed by atoms with Gasteiger partial charge in [-0.1, -0.05) is 12.8 Å². The minimum Gasteiger partial charge on any atom is -0.398 e. The minimum atomic E-state index is -1.21. The van der Waals surface area contributed by atoms with E-state index in [1.807, 2.05) is 0 Å². The molecule has 4 rings (SSSR count). The van der Waals surface area contributed by atoms with Crippen molar-refractivity contribution in [2.24, 2.45) is 5.84 Å². The van der Waals surface area contributed by atoms with Gasteiger partial charge in [0, 0.05) is 32.2 Å². The molecular formula is C21H28BN9O2. The van der Waals surface area contributed by atoms with Crippen molar-refractivity contribution in [1.29, 1.82) is 0 Å². The van der Waals surface area contributed by atoms with Crippen molar-refractivity contribution >= 4 is 48.1 Å². The van der Waals surface area contributed by atoms with Crippen LogP contribution in [0.4, 0.5) is 28.7 Å². The first-order valence-electron chi connectivity index (χ1n) is 10.8. The van der Waals surface area contributed by atoms with Gasteiger partial charge in [-0.3, -0.25) is 4.79 Å². The first-order valence-corrected chi connectivity index (χ1v) is 10.8. The Morgan fingerprint density at radius 1 is 1.33 bits per heavy atom. The lowest BCUT2D eigenvalue weighted by Gasteiger charge is -2.22. The molecule has 0 spiro atoms. The molecule has 0 bridgehead atoms. The van der Waals surface area contributed by atoms with Gasteiger partial charge in [0.2, 0.25) is 0 Å². The van der Waals surface area contributed by atoms with Gasteiger partial charge < -0.3 is 31.8 Å². The smallest absolute Gasteiger partial charge is 0.256 e. The van der Waals surface area contributed by atoms with Crippen LogP contribution in [0.5, 0.6) is 0 Å². The van der Waals surface area contributed by atoms with Gasteiger partial charge in [-0.05, 0) is 30.5 Å². The third kappa shape index (κ3) is 4.52. The number of nitrogens with one attached hydrogen (secondary N) is 3. The van der Waals surface area contributed by atoms with Gasteiger partial charge in [-0.2, -0.15) is 9.61 Å². The molecule has 1 aliphatic rings. The van der Waals surface area contributed by atoms with E-state index in [1.54, 1.807) is 36.8 Å². The number of hydrogen-bond donors (Lipinski definition) is 6. The van der Waals surface area contributed by atoms with E-state index in [2.05, 4.69) is 26.0 Å². The molecule has 33 heavy (non-hydrogen) atoms. The van der Waals surface area contributed by atoms with E-state index in [1.165, 1.54) is 11.2 Å². The number of nitrogens with two attached hydrogens (primary N) is 2. The maximum absolute atomic E-state index is 12.9. The van der Waals surface area contributed by atoms with Crippen LogP contribution in [0, 0.1) is 0 Å². The number of aliphatic hydroxyl groups excluding tert-OH is 1. The number of nitrogens with zero attached hydrogens (tertiary/aromatic N) is 4. The average molecular weight is 449 g/mol. The van der Waals surface area contributed by atoms with Crippen molar-refractivity contribution in [2.45, 2.75) is 37.7 Å². The van der Waals surface area contributed by atoms with Gasteiger partial charge >= 0.3 is 0 Å². The molecule has 0 aliphatic heterocycles. The van der Waals surface area contributed by atoms with E-state index < -0.39 is 6.00 Å². The molecule has 12 heteroatoms. The normalized spacial score (nSPS) is 14.9. The molecule has 1 saturated carbocycles. The van der Waals surface area contributed by atoms with Crippen molar-refractivity contribution in [2.75, 3.05) is 35.5 Å². The fourth-order valence-corrected chi connectivity index (χ4v) is 4.18. The molecule has 1 aromatic carbocycles. The van der Waals surface area contributed by atoms with Crippen LogP contribution < -0.4 is 32.5 Å². The molecule has 172 valence electrons. The Kier molecular flexibility index (Phi) is 6.30. The van der Waals surface area contributed by atoms with Crippen molar-refractivity contribution in [3.8, 4) is 0 Å². The number of fused-ring (bicyclic) bond motifs is 1. The maximum atomic E-state index is 12.9. The molecule has 1 unspecified atom stereocenters. The van der Waals surface area contributed by atoms with Gasteiger partial charge in [-0.25, -0.2) is 10.8 Å². The van der Waals surface area contributed by atoms with E-state index in [4.69, 9.17) is 19.4 Å². The molecule has 1 aliphatic carbocycles. The summed E-state index contributed by atoms with van der Waals surface area (Å²) in [6.07, 6.45) is 5.71. The number of rotatable bonds is 7.